The average molecular weight is 980 g/mol. The van der Waals surface area contributed by atoms with E-state index >= 15 is 0 Å². The summed E-state index contributed by atoms with van der Waals surface area (Å²) in [6.45, 7) is 6.35. The number of rotatable bonds is 49. The predicted octanol–water partition coefficient (Wildman–Crippen LogP) is 19.2. The molecule has 0 radical (unpaired) electrons. The molecule has 0 aliphatic heterocycles. The van der Waals surface area contributed by atoms with E-state index < -0.39 is 6.10 Å². The van der Waals surface area contributed by atoms with E-state index in [1.165, 1.54) is 51.4 Å². The first-order valence-electron chi connectivity index (χ1n) is 28.3. The van der Waals surface area contributed by atoms with Crippen molar-refractivity contribution in [2.75, 3.05) is 13.2 Å². The van der Waals surface area contributed by atoms with Crippen LogP contribution in [0.25, 0.3) is 0 Å². The van der Waals surface area contributed by atoms with Crippen molar-refractivity contribution in [1.82, 2.24) is 0 Å². The third-order valence-corrected chi connectivity index (χ3v) is 11.3. The number of hydrogen-bond donors (Lipinski definition) is 0. The fourth-order valence-electron chi connectivity index (χ4n) is 7.07. The third-order valence-electron chi connectivity index (χ3n) is 11.3. The summed E-state index contributed by atoms with van der Waals surface area (Å²) >= 11 is 0. The van der Waals surface area contributed by atoms with Crippen molar-refractivity contribution < 1.29 is 28.6 Å². The Hall–Kier alpha value is -4.71. The number of allylic oxidation sites excluding steroid dienone is 24. The van der Waals surface area contributed by atoms with Crippen LogP contribution in [0.4, 0.5) is 0 Å². The van der Waals surface area contributed by atoms with Gasteiger partial charge in [0, 0.05) is 19.3 Å². The molecule has 0 unspecified atom stereocenters. The summed E-state index contributed by atoms with van der Waals surface area (Å²) in [5, 5.41) is 0. The number of hydrogen-bond acceptors (Lipinski definition) is 6. The van der Waals surface area contributed by atoms with Gasteiger partial charge in [0.2, 0.25) is 0 Å². The van der Waals surface area contributed by atoms with Gasteiger partial charge < -0.3 is 14.2 Å². The maximum Gasteiger partial charge on any atom is 0.306 e. The zero-order chi connectivity index (χ0) is 51.4. The van der Waals surface area contributed by atoms with Gasteiger partial charge in [-0.25, -0.2) is 0 Å². The van der Waals surface area contributed by atoms with Crippen molar-refractivity contribution in [3.8, 4) is 0 Å². The van der Waals surface area contributed by atoms with Crippen LogP contribution in [-0.2, 0) is 28.6 Å². The topological polar surface area (TPSA) is 78.9 Å². The van der Waals surface area contributed by atoms with Gasteiger partial charge in [0.05, 0.1) is 0 Å². The largest absolute Gasteiger partial charge is 0.462 e. The van der Waals surface area contributed by atoms with Crippen LogP contribution in [0.1, 0.15) is 226 Å². The Bertz CT molecular complexity index is 1590. The van der Waals surface area contributed by atoms with Crippen LogP contribution < -0.4 is 0 Å². The van der Waals surface area contributed by atoms with Crippen molar-refractivity contribution in [2.24, 2.45) is 0 Å². The van der Waals surface area contributed by atoms with Crippen molar-refractivity contribution in [2.45, 2.75) is 232 Å². The fraction of sp³-hybridized carbons (Fsp3) is 0.585. The zero-order valence-corrected chi connectivity index (χ0v) is 45.4. The number of ether oxygens (including phenoxy) is 3. The molecule has 0 N–H and O–H groups in total. The molecule has 0 aromatic heterocycles. The molecule has 0 bridgehead atoms. The number of carbonyl (C=O) groups is 3. The molecular formula is C65H102O6. The minimum Gasteiger partial charge on any atom is -0.462 e. The number of esters is 3. The molecule has 6 heteroatoms. The summed E-state index contributed by atoms with van der Waals surface area (Å²) < 4.78 is 16.7. The lowest BCUT2D eigenvalue weighted by Crippen LogP contribution is -2.30. The van der Waals surface area contributed by atoms with E-state index in [-0.39, 0.29) is 44.0 Å². The second-order valence-electron chi connectivity index (χ2n) is 18.1. The van der Waals surface area contributed by atoms with Crippen LogP contribution >= 0.6 is 0 Å². The minimum atomic E-state index is -0.838. The Morgan fingerprint density at radius 3 is 0.930 bits per heavy atom. The van der Waals surface area contributed by atoms with Crippen LogP contribution in [0.15, 0.2) is 146 Å². The van der Waals surface area contributed by atoms with Crippen molar-refractivity contribution in [3.05, 3.63) is 146 Å². The summed E-state index contributed by atoms with van der Waals surface area (Å²) in [6, 6.07) is 0. The zero-order valence-electron chi connectivity index (χ0n) is 45.4. The molecule has 0 heterocycles. The van der Waals surface area contributed by atoms with Gasteiger partial charge in [-0.3, -0.25) is 14.4 Å². The summed E-state index contributed by atoms with van der Waals surface area (Å²) in [7, 11) is 0. The molecule has 0 aromatic carbocycles. The first kappa shape index (κ1) is 66.3. The van der Waals surface area contributed by atoms with Crippen LogP contribution in [0.2, 0.25) is 0 Å². The van der Waals surface area contributed by atoms with Crippen LogP contribution in [-0.4, -0.2) is 37.2 Å². The summed E-state index contributed by atoms with van der Waals surface area (Å²) in [6.07, 6.45) is 82.7. The molecule has 0 saturated heterocycles. The van der Waals surface area contributed by atoms with E-state index in [0.717, 1.165) is 128 Å². The van der Waals surface area contributed by atoms with E-state index in [4.69, 9.17) is 14.2 Å². The molecule has 0 saturated carbocycles. The summed E-state index contributed by atoms with van der Waals surface area (Å²) in [4.78, 5) is 38.1. The Morgan fingerprint density at radius 2 is 0.577 bits per heavy atom. The van der Waals surface area contributed by atoms with Crippen molar-refractivity contribution in [1.29, 1.82) is 0 Å². The molecular weight excluding hydrogens is 877 g/mol. The predicted molar refractivity (Wildman–Crippen MR) is 306 cm³/mol. The second kappa shape index (κ2) is 57.9. The lowest BCUT2D eigenvalue weighted by Gasteiger charge is -2.18. The normalized spacial score (nSPS) is 13.2. The number of carbonyl (C=O) groups excluding carboxylic acids is 3. The van der Waals surface area contributed by atoms with Gasteiger partial charge in [0.1, 0.15) is 13.2 Å². The molecule has 6 nitrogen and oxygen atoms in total. The van der Waals surface area contributed by atoms with Gasteiger partial charge in [-0.1, -0.05) is 218 Å². The lowest BCUT2D eigenvalue weighted by atomic mass is 10.1. The van der Waals surface area contributed by atoms with Gasteiger partial charge in [-0.05, 0) is 135 Å². The smallest absolute Gasteiger partial charge is 0.306 e. The third kappa shape index (κ3) is 56.1. The highest BCUT2D eigenvalue weighted by molar-refractivity contribution is 5.71. The highest BCUT2D eigenvalue weighted by Gasteiger charge is 2.19. The molecule has 0 fully saturated rings. The Kier molecular flexibility index (Phi) is 54.0. The molecule has 0 aliphatic carbocycles. The van der Waals surface area contributed by atoms with Gasteiger partial charge in [-0.2, -0.15) is 0 Å². The molecule has 1 atom stereocenters. The first-order valence-corrected chi connectivity index (χ1v) is 28.3. The standard InChI is InChI=1S/C65H102O6/c1-4-7-10-13-16-19-22-25-28-31-32-35-37-40-43-46-49-52-55-58-64(67)70-61-62(71-65(68)59-56-53-50-47-44-41-38-34-30-27-24-21-18-15-12-9-6-3)60-69-63(66)57-54-51-48-45-42-39-36-33-29-26-23-20-17-14-11-8-5-2/h9,12,16-21,25-30,32,35-36,38-41,43,49,52,62H,4-8,10-11,13-15,22-24,31,33-34,37,42,44-48,50-51,53-61H2,1-3H3/b12-9-,19-16-,20-17-,21-18-,28-25-,29-26-,30-27-,35-32-,39-36-,41-38-,43-40-,52-49-/t62-/m0/s1. The molecule has 0 aromatic rings. The molecule has 0 aliphatic rings. The quantitative estimate of drug-likeness (QED) is 0.0262. The maximum absolute atomic E-state index is 12.8. The Labute approximate surface area is 436 Å². The van der Waals surface area contributed by atoms with Crippen molar-refractivity contribution >= 4 is 17.9 Å². The molecule has 71 heavy (non-hydrogen) atoms. The van der Waals surface area contributed by atoms with E-state index in [1.807, 2.05) is 12.2 Å². The van der Waals surface area contributed by atoms with E-state index in [1.54, 1.807) is 0 Å². The van der Waals surface area contributed by atoms with Crippen LogP contribution in [0.5, 0.6) is 0 Å². The van der Waals surface area contributed by atoms with Gasteiger partial charge >= 0.3 is 17.9 Å². The highest BCUT2D eigenvalue weighted by atomic mass is 16.6. The first-order chi connectivity index (χ1) is 35.0. The Balaban J connectivity index is 4.62. The lowest BCUT2D eigenvalue weighted by molar-refractivity contribution is -0.166. The summed E-state index contributed by atoms with van der Waals surface area (Å²) in [5.74, 6) is -1.07. The van der Waals surface area contributed by atoms with Gasteiger partial charge in [-0.15, -0.1) is 0 Å². The molecule has 0 amide bonds. The van der Waals surface area contributed by atoms with E-state index in [0.29, 0.717) is 12.8 Å². The van der Waals surface area contributed by atoms with Crippen molar-refractivity contribution in [3.63, 3.8) is 0 Å². The van der Waals surface area contributed by atoms with Gasteiger partial charge in [0.25, 0.3) is 0 Å². The molecule has 398 valence electrons. The monoisotopic (exact) mass is 979 g/mol. The molecule has 0 spiro atoms. The number of unbranched alkanes of at least 4 members (excludes halogenated alkanes) is 14. The minimum absolute atomic E-state index is 0.129. The van der Waals surface area contributed by atoms with Crippen LogP contribution in [0.3, 0.4) is 0 Å². The van der Waals surface area contributed by atoms with E-state index in [2.05, 4.69) is 154 Å². The Morgan fingerprint density at radius 1 is 0.296 bits per heavy atom. The second-order valence-corrected chi connectivity index (χ2v) is 18.1. The summed E-state index contributed by atoms with van der Waals surface area (Å²) in [5.41, 5.74) is 0. The van der Waals surface area contributed by atoms with E-state index in [9.17, 15) is 14.4 Å². The maximum atomic E-state index is 12.8. The molecule has 0 rings (SSSR count). The SMILES string of the molecule is CC/C=C\C/C=C\C/C=C\C/C=C\CCCCCCC(=O)O[C@H](COC(=O)CC/C=C\C/C=C\C/C=C\C/C=C\C/C=C\CCCCC)COC(=O)CCCCCC/C=C\C/C=C\C/C=C\CCCCC. The van der Waals surface area contributed by atoms with Gasteiger partial charge in [0.15, 0.2) is 6.10 Å². The highest BCUT2D eigenvalue weighted by Crippen LogP contribution is 2.12. The average Bonchev–Trinajstić information content (AvgIpc) is 3.37. The van der Waals surface area contributed by atoms with Crippen LogP contribution in [0, 0.1) is 0 Å². The fourth-order valence-corrected chi connectivity index (χ4v) is 7.07.